The summed E-state index contributed by atoms with van der Waals surface area (Å²) in [7, 11) is 0. The number of carbonyl (C=O) groups excluding carboxylic acids is 2. The van der Waals surface area contributed by atoms with Gasteiger partial charge in [-0.15, -0.1) is 0 Å². The van der Waals surface area contributed by atoms with E-state index in [0.29, 0.717) is 47.8 Å². The molecule has 7 nitrogen and oxygen atoms in total. The number of fused-ring (bicyclic) bond motifs is 1. The molecule has 0 bridgehead atoms. The summed E-state index contributed by atoms with van der Waals surface area (Å²) in [6, 6.07) is 6.22. The van der Waals surface area contributed by atoms with Crippen molar-refractivity contribution >= 4 is 33.4 Å². The number of likely N-dealkylation sites (tertiary alicyclic amines) is 1. The Morgan fingerprint density at radius 2 is 1.96 bits per heavy atom. The van der Waals surface area contributed by atoms with E-state index in [4.69, 9.17) is 13.9 Å². The van der Waals surface area contributed by atoms with E-state index in [2.05, 4.69) is 21.2 Å². The topological polar surface area (TPSA) is 81.0 Å². The van der Waals surface area contributed by atoms with Crippen molar-refractivity contribution in [3.05, 3.63) is 40.8 Å². The first-order chi connectivity index (χ1) is 12.6. The zero-order chi connectivity index (χ0) is 18.1. The molecule has 1 fully saturated rings. The number of benzene rings is 1. The molecule has 3 heterocycles. The second kappa shape index (κ2) is 7.03. The SMILES string of the molecule is O=C(Nc1cc2c(cc1Br)OCCO2)C1CCCN1C(=O)c1ccco1. The van der Waals surface area contributed by atoms with E-state index < -0.39 is 6.04 Å². The van der Waals surface area contributed by atoms with Crippen molar-refractivity contribution < 1.29 is 23.5 Å². The zero-order valence-corrected chi connectivity index (χ0v) is 15.5. The van der Waals surface area contributed by atoms with Crippen LogP contribution in [-0.2, 0) is 4.79 Å². The Morgan fingerprint density at radius 3 is 2.69 bits per heavy atom. The average Bonchev–Trinajstić information content (AvgIpc) is 3.33. The normalized spacial score (nSPS) is 18.7. The van der Waals surface area contributed by atoms with Crippen molar-refractivity contribution in [2.24, 2.45) is 0 Å². The van der Waals surface area contributed by atoms with Gasteiger partial charge in [-0.25, -0.2) is 0 Å². The first-order valence-corrected chi connectivity index (χ1v) is 9.17. The Kier molecular flexibility index (Phi) is 4.58. The lowest BCUT2D eigenvalue weighted by Crippen LogP contribution is -2.43. The van der Waals surface area contributed by atoms with Crippen LogP contribution in [0.4, 0.5) is 5.69 Å². The maximum absolute atomic E-state index is 12.8. The van der Waals surface area contributed by atoms with Crippen molar-refractivity contribution in [1.29, 1.82) is 0 Å². The van der Waals surface area contributed by atoms with Gasteiger partial charge >= 0.3 is 0 Å². The lowest BCUT2D eigenvalue weighted by atomic mass is 10.2. The summed E-state index contributed by atoms with van der Waals surface area (Å²) in [4.78, 5) is 26.9. The number of hydrogen-bond donors (Lipinski definition) is 1. The summed E-state index contributed by atoms with van der Waals surface area (Å²) in [6.45, 7) is 1.49. The number of furan rings is 1. The van der Waals surface area contributed by atoms with Gasteiger partial charge in [-0.2, -0.15) is 0 Å². The van der Waals surface area contributed by atoms with Crippen LogP contribution >= 0.6 is 15.9 Å². The van der Waals surface area contributed by atoms with Gasteiger partial charge in [-0.3, -0.25) is 9.59 Å². The van der Waals surface area contributed by atoms with E-state index in [-0.39, 0.29) is 17.6 Å². The molecule has 1 saturated heterocycles. The monoisotopic (exact) mass is 420 g/mol. The number of nitrogens with one attached hydrogen (secondary N) is 1. The first kappa shape index (κ1) is 17.0. The fourth-order valence-corrected chi connectivity index (χ4v) is 3.62. The predicted octanol–water partition coefficient (Wildman–Crippen LogP) is 3.06. The number of carbonyl (C=O) groups is 2. The molecule has 0 saturated carbocycles. The Hall–Kier alpha value is -2.48. The van der Waals surface area contributed by atoms with Gasteiger partial charge in [0.25, 0.3) is 5.91 Å². The van der Waals surface area contributed by atoms with Crippen LogP contribution in [0.3, 0.4) is 0 Å². The third-order valence-corrected chi connectivity index (χ3v) is 5.09. The van der Waals surface area contributed by atoms with Gasteiger partial charge in [-0.1, -0.05) is 0 Å². The Morgan fingerprint density at radius 1 is 1.19 bits per heavy atom. The smallest absolute Gasteiger partial charge is 0.290 e. The molecule has 0 spiro atoms. The summed E-state index contributed by atoms with van der Waals surface area (Å²) >= 11 is 3.44. The van der Waals surface area contributed by atoms with E-state index in [1.54, 1.807) is 29.2 Å². The maximum Gasteiger partial charge on any atom is 0.290 e. The third kappa shape index (κ3) is 3.16. The molecule has 4 rings (SSSR count). The molecule has 1 unspecified atom stereocenters. The number of halogens is 1. The van der Waals surface area contributed by atoms with E-state index in [0.717, 1.165) is 6.42 Å². The quantitative estimate of drug-likeness (QED) is 0.824. The van der Waals surface area contributed by atoms with Crippen LogP contribution in [0.15, 0.2) is 39.4 Å². The highest BCUT2D eigenvalue weighted by molar-refractivity contribution is 9.10. The van der Waals surface area contributed by atoms with Gasteiger partial charge in [0, 0.05) is 23.2 Å². The highest BCUT2D eigenvalue weighted by Crippen LogP contribution is 2.38. The van der Waals surface area contributed by atoms with E-state index in [9.17, 15) is 9.59 Å². The number of anilines is 1. The number of rotatable bonds is 3. The summed E-state index contributed by atoms with van der Waals surface area (Å²) < 4.78 is 16.9. The molecule has 0 aliphatic carbocycles. The van der Waals surface area contributed by atoms with Gasteiger partial charge in [-0.05, 0) is 40.9 Å². The standard InChI is InChI=1S/C18H17BrN2O5/c19-11-9-15-16(26-8-7-25-15)10-12(11)20-17(22)13-3-1-5-21(13)18(23)14-4-2-6-24-14/h2,4,6,9-10,13H,1,3,5,7-8H2,(H,20,22). The lowest BCUT2D eigenvalue weighted by molar-refractivity contribution is -0.119. The highest BCUT2D eigenvalue weighted by Gasteiger charge is 2.35. The second-order valence-electron chi connectivity index (χ2n) is 6.10. The van der Waals surface area contributed by atoms with Crippen molar-refractivity contribution in [1.82, 2.24) is 4.90 Å². The predicted molar refractivity (Wildman–Crippen MR) is 96.5 cm³/mol. The van der Waals surface area contributed by atoms with Crippen LogP contribution in [0.1, 0.15) is 23.4 Å². The summed E-state index contributed by atoms with van der Waals surface area (Å²) in [5.41, 5.74) is 0.580. The number of ether oxygens (including phenoxy) is 2. The van der Waals surface area contributed by atoms with Gasteiger partial charge in [0.05, 0.1) is 12.0 Å². The Labute approximate surface area is 158 Å². The summed E-state index contributed by atoms with van der Waals surface area (Å²) in [5.74, 6) is 0.959. The van der Waals surface area contributed by atoms with Gasteiger partial charge in [0.15, 0.2) is 17.3 Å². The van der Waals surface area contributed by atoms with Crippen molar-refractivity contribution in [3.63, 3.8) is 0 Å². The van der Waals surface area contributed by atoms with Crippen molar-refractivity contribution in [2.45, 2.75) is 18.9 Å². The molecular weight excluding hydrogens is 404 g/mol. The van der Waals surface area contributed by atoms with E-state index in [1.165, 1.54) is 6.26 Å². The van der Waals surface area contributed by atoms with Crippen LogP contribution in [0.2, 0.25) is 0 Å². The van der Waals surface area contributed by atoms with E-state index in [1.807, 2.05) is 0 Å². The lowest BCUT2D eigenvalue weighted by Gasteiger charge is -2.24. The van der Waals surface area contributed by atoms with Crippen molar-refractivity contribution in [2.75, 3.05) is 25.1 Å². The maximum atomic E-state index is 12.8. The summed E-state index contributed by atoms with van der Waals surface area (Å²) in [6.07, 6.45) is 2.83. The van der Waals surface area contributed by atoms with Crippen molar-refractivity contribution in [3.8, 4) is 11.5 Å². The molecule has 8 heteroatoms. The molecule has 2 amide bonds. The zero-order valence-electron chi connectivity index (χ0n) is 13.9. The molecule has 1 aromatic heterocycles. The average molecular weight is 421 g/mol. The molecule has 136 valence electrons. The number of nitrogens with zero attached hydrogens (tertiary/aromatic N) is 1. The minimum absolute atomic E-state index is 0.236. The fourth-order valence-electron chi connectivity index (χ4n) is 3.20. The molecule has 26 heavy (non-hydrogen) atoms. The van der Waals surface area contributed by atoms with Crippen LogP contribution in [-0.4, -0.2) is 42.5 Å². The molecule has 2 aliphatic rings. The molecule has 1 aromatic carbocycles. The van der Waals surface area contributed by atoms with Crippen LogP contribution in [0.5, 0.6) is 11.5 Å². The second-order valence-corrected chi connectivity index (χ2v) is 6.95. The minimum atomic E-state index is -0.535. The minimum Gasteiger partial charge on any atom is -0.486 e. The fraction of sp³-hybridized carbons (Fsp3) is 0.333. The molecule has 0 radical (unpaired) electrons. The van der Waals surface area contributed by atoms with Crippen LogP contribution < -0.4 is 14.8 Å². The Balaban J connectivity index is 1.51. The molecule has 2 aromatic rings. The third-order valence-electron chi connectivity index (χ3n) is 4.44. The molecule has 2 aliphatic heterocycles. The van der Waals surface area contributed by atoms with Crippen LogP contribution in [0.25, 0.3) is 0 Å². The molecule has 1 N–H and O–H groups in total. The highest BCUT2D eigenvalue weighted by atomic mass is 79.9. The molecular formula is C18H17BrN2O5. The first-order valence-electron chi connectivity index (χ1n) is 8.38. The van der Waals surface area contributed by atoms with E-state index >= 15 is 0 Å². The van der Waals surface area contributed by atoms with Gasteiger partial charge in [0.1, 0.15) is 19.3 Å². The summed E-state index contributed by atoms with van der Waals surface area (Å²) in [5, 5.41) is 2.89. The molecule has 1 atom stereocenters. The van der Waals surface area contributed by atoms with Gasteiger partial charge < -0.3 is 24.1 Å². The van der Waals surface area contributed by atoms with Crippen LogP contribution in [0, 0.1) is 0 Å². The largest absolute Gasteiger partial charge is 0.486 e. The number of hydrogen-bond acceptors (Lipinski definition) is 5. The number of amides is 2. The van der Waals surface area contributed by atoms with Gasteiger partial charge in [0.2, 0.25) is 5.91 Å². The Bertz CT molecular complexity index is 836.